The molecule has 4 rings (SSSR count). The lowest BCUT2D eigenvalue weighted by Gasteiger charge is -2.20. The highest BCUT2D eigenvalue weighted by Gasteiger charge is 2.26. The third-order valence-corrected chi connectivity index (χ3v) is 6.33. The smallest absolute Gasteiger partial charge is 0.155 e. The fourth-order valence-corrected chi connectivity index (χ4v) is 4.31. The van der Waals surface area contributed by atoms with Crippen molar-refractivity contribution in [1.29, 1.82) is 0 Å². The molecule has 5 heteroatoms. The van der Waals surface area contributed by atoms with Gasteiger partial charge < -0.3 is 19.7 Å². The highest BCUT2D eigenvalue weighted by Crippen LogP contribution is 2.33. The zero-order valence-electron chi connectivity index (χ0n) is 21.3. The van der Waals surface area contributed by atoms with Crippen LogP contribution in [0.1, 0.15) is 34.1 Å². The third-order valence-electron chi connectivity index (χ3n) is 6.33. The van der Waals surface area contributed by atoms with E-state index in [1.54, 1.807) is 62.8 Å². The number of benzene rings is 4. The molecular weight excluding hydrogens is 476 g/mol. The number of allylic oxidation sites excluding steroid dienone is 2. The Bertz CT molecular complexity index is 1310. The molecule has 0 bridgehead atoms. The molecule has 0 spiro atoms. The quantitative estimate of drug-likeness (QED) is 0.243. The van der Waals surface area contributed by atoms with Gasteiger partial charge in [-0.1, -0.05) is 85.0 Å². The molecular formula is C33H30O5. The maximum absolute atomic E-state index is 14.3. The molecule has 0 aliphatic rings. The molecule has 0 radical (unpaired) electrons. The van der Waals surface area contributed by atoms with Gasteiger partial charge in [-0.2, -0.15) is 0 Å². The van der Waals surface area contributed by atoms with Crippen LogP contribution in [0.15, 0.2) is 109 Å². The Morgan fingerprint density at radius 3 is 1.34 bits per heavy atom. The zero-order chi connectivity index (χ0) is 26.9. The summed E-state index contributed by atoms with van der Waals surface area (Å²) in [4.78, 5) is 14.3. The highest BCUT2D eigenvalue weighted by atomic mass is 16.5. The number of carbonyl (C=O) groups excluding carboxylic acids is 1. The summed E-state index contributed by atoms with van der Waals surface area (Å²) in [6.07, 6.45) is 7.48. The lowest BCUT2D eigenvalue weighted by molar-refractivity contribution is -0.120. The minimum absolute atomic E-state index is 0.0707. The van der Waals surface area contributed by atoms with Crippen LogP contribution < -0.4 is 9.47 Å². The topological polar surface area (TPSA) is 76.0 Å². The summed E-state index contributed by atoms with van der Waals surface area (Å²) in [5.41, 5.74) is 3.18. The molecule has 192 valence electrons. The first kappa shape index (κ1) is 26.3. The van der Waals surface area contributed by atoms with Crippen LogP contribution in [0.3, 0.4) is 0 Å². The predicted molar refractivity (Wildman–Crippen MR) is 151 cm³/mol. The van der Waals surface area contributed by atoms with Crippen LogP contribution in [0.4, 0.5) is 0 Å². The summed E-state index contributed by atoms with van der Waals surface area (Å²) in [6, 6.07) is 28.5. The maximum atomic E-state index is 14.3. The third kappa shape index (κ3) is 6.31. The van der Waals surface area contributed by atoms with Crippen molar-refractivity contribution in [2.75, 3.05) is 14.2 Å². The number of rotatable bonds is 10. The Morgan fingerprint density at radius 2 is 0.974 bits per heavy atom. The molecule has 5 nitrogen and oxygen atoms in total. The fraction of sp³-hybridized carbons (Fsp3) is 0.121. The number of hydrogen-bond acceptors (Lipinski definition) is 5. The number of methoxy groups -OCH3 is 2. The van der Waals surface area contributed by atoms with Crippen molar-refractivity contribution in [3.63, 3.8) is 0 Å². The molecule has 2 atom stereocenters. The van der Waals surface area contributed by atoms with E-state index in [0.29, 0.717) is 11.5 Å². The highest BCUT2D eigenvalue weighted by molar-refractivity contribution is 5.96. The molecule has 0 saturated heterocycles. The van der Waals surface area contributed by atoms with Gasteiger partial charge in [0, 0.05) is 11.1 Å². The molecule has 0 heterocycles. The number of ether oxygens (including phenoxy) is 2. The van der Waals surface area contributed by atoms with Crippen LogP contribution in [0.5, 0.6) is 23.0 Å². The number of phenolic OH excluding ortho intramolecular Hbond substituents is 2. The van der Waals surface area contributed by atoms with Crippen molar-refractivity contribution in [3.05, 3.63) is 131 Å². The molecule has 0 aromatic heterocycles. The van der Waals surface area contributed by atoms with E-state index in [2.05, 4.69) is 0 Å². The van der Waals surface area contributed by atoms with E-state index in [1.807, 2.05) is 72.8 Å². The van der Waals surface area contributed by atoms with Crippen LogP contribution >= 0.6 is 0 Å². The van der Waals surface area contributed by atoms with Gasteiger partial charge in [-0.05, 0) is 47.5 Å². The van der Waals surface area contributed by atoms with Crippen LogP contribution in [0, 0.1) is 0 Å². The largest absolute Gasteiger partial charge is 0.508 e. The average molecular weight is 507 g/mol. The fourth-order valence-electron chi connectivity index (χ4n) is 4.31. The van der Waals surface area contributed by atoms with Gasteiger partial charge in [0.05, 0.1) is 26.1 Å². The van der Waals surface area contributed by atoms with E-state index >= 15 is 0 Å². The first-order valence-corrected chi connectivity index (χ1v) is 12.2. The molecule has 2 N–H and O–H groups in total. The minimum Gasteiger partial charge on any atom is -0.508 e. The van der Waals surface area contributed by atoms with Gasteiger partial charge in [0.25, 0.3) is 0 Å². The Morgan fingerprint density at radius 1 is 0.605 bits per heavy atom. The Hall–Kier alpha value is -4.77. The standard InChI is InChI=1S/C33H30O5/c1-37-31-9-5-3-7-25(31)15-21-29(23-11-17-27(34)18-12-23)33(36)30(24-13-19-28(35)20-14-24)22-16-26-8-4-6-10-32(26)38-2/h3-22,29-30,34-35H,1-2H3/b21-15+,22-16+. The van der Waals surface area contributed by atoms with Crippen molar-refractivity contribution < 1.29 is 24.5 Å². The van der Waals surface area contributed by atoms with E-state index in [-0.39, 0.29) is 17.3 Å². The summed E-state index contributed by atoms with van der Waals surface area (Å²) in [7, 11) is 3.22. The van der Waals surface area contributed by atoms with Crippen LogP contribution in [0.25, 0.3) is 12.2 Å². The second kappa shape index (κ2) is 12.5. The molecule has 0 aliphatic heterocycles. The molecule has 0 amide bonds. The van der Waals surface area contributed by atoms with Crippen molar-refractivity contribution in [2.45, 2.75) is 11.8 Å². The minimum atomic E-state index is -0.623. The van der Waals surface area contributed by atoms with Crippen molar-refractivity contribution in [1.82, 2.24) is 0 Å². The van der Waals surface area contributed by atoms with E-state index < -0.39 is 11.8 Å². The first-order chi connectivity index (χ1) is 18.5. The summed E-state index contributed by atoms with van der Waals surface area (Å²) in [5.74, 6) is 0.334. The maximum Gasteiger partial charge on any atom is 0.155 e. The molecule has 0 aliphatic carbocycles. The number of hydrogen-bond donors (Lipinski definition) is 2. The van der Waals surface area contributed by atoms with Gasteiger partial charge in [-0.25, -0.2) is 0 Å². The number of Topliss-reactive ketones (excluding diaryl/α,β-unsaturated/α-hetero) is 1. The van der Waals surface area contributed by atoms with Crippen molar-refractivity contribution in [2.24, 2.45) is 0 Å². The molecule has 4 aromatic carbocycles. The van der Waals surface area contributed by atoms with Gasteiger partial charge in [0.2, 0.25) is 0 Å². The van der Waals surface area contributed by atoms with Gasteiger partial charge >= 0.3 is 0 Å². The van der Waals surface area contributed by atoms with E-state index in [4.69, 9.17) is 9.47 Å². The first-order valence-electron chi connectivity index (χ1n) is 12.2. The molecule has 38 heavy (non-hydrogen) atoms. The molecule has 0 fully saturated rings. The summed E-state index contributed by atoms with van der Waals surface area (Å²) < 4.78 is 11.0. The second-order valence-electron chi connectivity index (χ2n) is 8.74. The lowest BCUT2D eigenvalue weighted by atomic mass is 9.82. The number of carbonyl (C=O) groups is 1. The zero-order valence-corrected chi connectivity index (χ0v) is 21.3. The van der Waals surface area contributed by atoms with Gasteiger partial charge in [-0.15, -0.1) is 0 Å². The van der Waals surface area contributed by atoms with Gasteiger partial charge in [0.15, 0.2) is 5.78 Å². The van der Waals surface area contributed by atoms with Gasteiger partial charge in [0.1, 0.15) is 23.0 Å². The van der Waals surface area contributed by atoms with E-state index in [9.17, 15) is 15.0 Å². The Balaban J connectivity index is 1.79. The number of ketones is 1. The summed E-state index contributed by atoms with van der Waals surface area (Å²) >= 11 is 0. The second-order valence-corrected chi connectivity index (χ2v) is 8.74. The monoisotopic (exact) mass is 506 g/mol. The van der Waals surface area contributed by atoms with Crippen LogP contribution in [-0.4, -0.2) is 30.2 Å². The van der Waals surface area contributed by atoms with Crippen molar-refractivity contribution >= 4 is 17.9 Å². The summed E-state index contributed by atoms with van der Waals surface area (Å²) in [5, 5.41) is 19.7. The number of aromatic hydroxyl groups is 2. The molecule has 2 unspecified atom stereocenters. The van der Waals surface area contributed by atoms with Crippen LogP contribution in [0.2, 0.25) is 0 Å². The molecule has 0 saturated carbocycles. The summed E-state index contributed by atoms with van der Waals surface area (Å²) in [6.45, 7) is 0. The van der Waals surface area contributed by atoms with Crippen LogP contribution in [-0.2, 0) is 4.79 Å². The SMILES string of the molecule is COc1ccccc1/C=C/C(C(=O)C(/C=C/c1ccccc1OC)c1ccc(O)cc1)c1ccc(O)cc1. The average Bonchev–Trinajstić information content (AvgIpc) is 2.95. The Labute approximate surface area is 222 Å². The van der Waals surface area contributed by atoms with Gasteiger partial charge in [-0.3, -0.25) is 4.79 Å². The van der Waals surface area contributed by atoms with E-state index in [0.717, 1.165) is 22.3 Å². The molecule has 4 aromatic rings. The number of phenols is 2. The predicted octanol–water partition coefficient (Wildman–Crippen LogP) is 6.98. The van der Waals surface area contributed by atoms with E-state index in [1.165, 1.54) is 0 Å². The lowest BCUT2D eigenvalue weighted by Crippen LogP contribution is -2.18. The van der Waals surface area contributed by atoms with Crippen molar-refractivity contribution in [3.8, 4) is 23.0 Å². The number of para-hydroxylation sites is 2. The Kier molecular flexibility index (Phi) is 8.62. The normalized spacial score (nSPS) is 12.9.